The first kappa shape index (κ1) is 19.0. The molecule has 1 amide bonds. The van der Waals surface area contributed by atoms with E-state index in [1.54, 1.807) is 6.07 Å². The van der Waals surface area contributed by atoms with Gasteiger partial charge in [0.15, 0.2) is 0 Å². The van der Waals surface area contributed by atoms with Gasteiger partial charge in [0, 0.05) is 41.1 Å². The number of fused-ring (bicyclic) bond motifs is 1. The minimum Gasteiger partial charge on any atom is -0.380 e. The number of carbonyl (C=O) groups is 1. The molecule has 0 spiro atoms. The Morgan fingerprint density at radius 1 is 1.07 bits per heavy atom. The lowest BCUT2D eigenvalue weighted by atomic mass is 10.1. The molecule has 29 heavy (non-hydrogen) atoms. The number of hydrogen-bond acceptors (Lipinski definition) is 3. The van der Waals surface area contributed by atoms with Gasteiger partial charge in [-0.15, -0.1) is 0 Å². The van der Waals surface area contributed by atoms with Crippen LogP contribution in [0.1, 0.15) is 21.6 Å². The van der Waals surface area contributed by atoms with Crippen molar-refractivity contribution in [2.75, 3.05) is 10.6 Å². The number of nitrogens with one attached hydrogen (secondary N) is 2. The van der Waals surface area contributed by atoms with Crippen molar-refractivity contribution in [2.24, 2.45) is 7.05 Å². The molecule has 0 saturated carbocycles. The third-order valence-corrected chi connectivity index (χ3v) is 5.36. The van der Waals surface area contributed by atoms with Gasteiger partial charge in [-0.25, -0.2) is 0 Å². The third kappa shape index (κ3) is 3.96. The summed E-state index contributed by atoms with van der Waals surface area (Å²) in [5.74, 6) is -0.181. The Hall–Kier alpha value is -3.31. The summed E-state index contributed by atoms with van der Waals surface area (Å²) in [7, 11) is 1.91. The van der Waals surface area contributed by atoms with Gasteiger partial charge in [0.2, 0.25) is 0 Å². The van der Waals surface area contributed by atoms with E-state index >= 15 is 0 Å². The lowest BCUT2D eigenvalue weighted by Crippen LogP contribution is -2.14. The molecule has 0 aliphatic heterocycles. The average Bonchev–Trinajstić information content (AvgIpc) is 3.00. The van der Waals surface area contributed by atoms with Crippen LogP contribution < -0.4 is 10.6 Å². The highest BCUT2D eigenvalue weighted by Crippen LogP contribution is 2.24. The first-order valence-electron chi connectivity index (χ1n) is 9.34. The molecule has 3 aromatic carbocycles. The minimum absolute atomic E-state index is 0.181. The quantitative estimate of drug-likeness (QED) is 0.468. The molecule has 2 N–H and O–H groups in total. The number of para-hydroxylation sites is 1. The summed E-state index contributed by atoms with van der Waals surface area (Å²) in [4.78, 5) is 12.9. The van der Waals surface area contributed by atoms with Crippen LogP contribution in [0.15, 0.2) is 66.7 Å². The van der Waals surface area contributed by atoms with Gasteiger partial charge < -0.3 is 10.6 Å². The lowest BCUT2D eigenvalue weighted by molar-refractivity contribution is 0.102. The van der Waals surface area contributed by atoms with Gasteiger partial charge in [-0.05, 0) is 48.9 Å². The summed E-state index contributed by atoms with van der Waals surface area (Å²) in [6.45, 7) is 2.55. The van der Waals surface area contributed by atoms with Gasteiger partial charge >= 0.3 is 0 Å². The van der Waals surface area contributed by atoms with E-state index < -0.39 is 0 Å². The van der Waals surface area contributed by atoms with Gasteiger partial charge in [-0.2, -0.15) is 5.10 Å². The van der Waals surface area contributed by atoms with Crippen LogP contribution in [0.3, 0.4) is 0 Å². The standard InChI is InChI=1S/C23H21ClN4O/c1-15-18-12-11-17(13-22(18)27-28(15)2)26-23(29)19-8-4-6-10-21(19)25-14-16-7-3-5-9-20(16)24/h3-13,25H,14H2,1-2H3,(H,26,29). The number of aryl methyl sites for hydroxylation is 2. The Balaban J connectivity index is 1.54. The highest BCUT2D eigenvalue weighted by Gasteiger charge is 2.13. The van der Waals surface area contributed by atoms with E-state index in [1.807, 2.05) is 79.3 Å². The molecule has 0 aliphatic carbocycles. The molecular weight excluding hydrogens is 384 g/mol. The number of rotatable bonds is 5. The Bertz CT molecular complexity index is 1200. The van der Waals surface area contributed by atoms with Crippen LogP contribution in [0, 0.1) is 6.92 Å². The zero-order valence-electron chi connectivity index (χ0n) is 16.2. The van der Waals surface area contributed by atoms with Gasteiger partial charge in [0.05, 0.1) is 11.1 Å². The van der Waals surface area contributed by atoms with Crippen molar-refractivity contribution in [3.63, 3.8) is 0 Å². The average molecular weight is 405 g/mol. The number of nitrogens with zero attached hydrogens (tertiary/aromatic N) is 2. The Kier molecular flexibility index (Phi) is 5.23. The largest absolute Gasteiger partial charge is 0.380 e. The van der Waals surface area contributed by atoms with E-state index in [1.165, 1.54) is 0 Å². The van der Waals surface area contributed by atoms with E-state index in [4.69, 9.17) is 11.6 Å². The van der Waals surface area contributed by atoms with Crippen LogP contribution in [-0.2, 0) is 13.6 Å². The van der Waals surface area contributed by atoms with Crippen molar-refractivity contribution in [2.45, 2.75) is 13.5 Å². The molecule has 146 valence electrons. The van der Waals surface area contributed by atoms with Gasteiger partial charge in [0.1, 0.15) is 0 Å². The number of amides is 1. The van der Waals surface area contributed by atoms with E-state index in [2.05, 4.69) is 15.7 Å². The number of hydrogen-bond donors (Lipinski definition) is 2. The first-order valence-corrected chi connectivity index (χ1v) is 9.72. The van der Waals surface area contributed by atoms with E-state index in [0.717, 1.165) is 27.8 Å². The van der Waals surface area contributed by atoms with E-state index in [-0.39, 0.29) is 5.91 Å². The predicted molar refractivity (Wildman–Crippen MR) is 119 cm³/mol. The smallest absolute Gasteiger partial charge is 0.257 e. The molecule has 0 unspecified atom stereocenters. The SMILES string of the molecule is Cc1c2ccc(NC(=O)c3ccccc3NCc3ccccc3Cl)cc2nn1C. The summed E-state index contributed by atoms with van der Waals surface area (Å²) >= 11 is 6.23. The molecular formula is C23H21ClN4O. The van der Waals surface area contributed by atoms with Crippen molar-refractivity contribution in [1.82, 2.24) is 9.78 Å². The molecule has 0 aliphatic rings. The van der Waals surface area contributed by atoms with Crippen LogP contribution >= 0.6 is 11.6 Å². The van der Waals surface area contributed by atoms with E-state index in [9.17, 15) is 4.79 Å². The number of anilines is 2. The summed E-state index contributed by atoms with van der Waals surface area (Å²) in [6.07, 6.45) is 0. The van der Waals surface area contributed by atoms with Crippen LogP contribution in [-0.4, -0.2) is 15.7 Å². The first-order chi connectivity index (χ1) is 14.0. The summed E-state index contributed by atoms with van der Waals surface area (Å²) < 4.78 is 1.84. The fourth-order valence-electron chi connectivity index (χ4n) is 3.27. The highest BCUT2D eigenvalue weighted by atomic mass is 35.5. The second-order valence-corrected chi connectivity index (χ2v) is 7.29. The number of halogens is 1. The molecule has 4 rings (SSSR count). The fourth-order valence-corrected chi connectivity index (χ4v) is 3.48. The second kappa shape index (κ2) is 7.97. The number of benzene rings is 3. The number of aromatic nitrogens is 2. The van der Waals surface area contributed by atoms with Gasteiger partial charge in [-0.1, -0.05) is 41.9 Å². The molecule has 0 bridgehead atoms. The topological polar surface area (TPSA) is 59.0 Å². The zero-order valence-corrected chi connectivity index (χ0v) is 17.0. The minimum atomic E-state index is -0.181. The molecule has 6 heteroatoms. The number of carbonyl (C=O) groups excluding carboxylic acids is 1. The molecule has 0 radical (unpaired) electrons. The maximum absolute atomic E-state index is 12.9. The Morgan fingerprint density at radius 3 is 2.66 bits per heavy atom. The fraction of sp³-hybridized carbons (Fsp3) is 0.130. The van der Waals surface area contributed by atoms with Crippen molar-refractivity contribution >= 4 is 39.8 Å². The van der Waals surface area contributed by atoms with Crippen molar-refractivity contribution < 1.29 is 4.79 Å². The summed E-state index contributed by atoms with van der Waals surface area (Å²) in [5.41, 5.74) is 4.94. The van der Waals surface area contributed by atoms with Crippen LogP contribution in [0.4, 0.5) is 11.4 Å². The molecule has 0 atom stereocenters. The maximum atomic E-state index is 12.9. The molecule has 0 fully saturated rings. The Labute approximate surface area is 174 Å². The molecule has 0 saturated heterocycles. The third-order valence-electron chi connectivity index (χ3n) is 4.99. The molecule has 5 nitrogen and oxygen atoms in total. The Morgan fingerprint density at radius 2 is 1.83 bits per heavy atom. The van der Waals surface area contributed by atoms with Crippen molar-refractivity contribution in [3.8, 4) is 0 Å². The van der Waals surface area contributed by atoms with Crippen LogP contribution in [0.2, 0.25) is 5.02 Å². The highest BCUT2D eigenvalue weighted by molar-refractivity contribution is 6.31. The molecule has 1 heterocycles. The predicted octanol–water partition coefficient (Wildman–Crippen LogP) is 5.40. The summed E-state index contributed by atoms with van der Waals surface area (Å²) in [5, 5.41) is 12.5. The van der Waals surface area contributed by atoms with Crippen LogP contribution in [0.25, 0.3) is 10.9 Å². The van der Waals surface area contributed by atoms with E-state index in [0.29, 0.717) is 22.8 Å². The normalized spacial score (nSPS) is 10.9. The molecule has 4 aromatic rings. The maximum Gasteiger partial charge on any atom is 0.257 e. The zero-order chi connectivity index (χ0) is 20.4. The molecule has 1 aromatic heterocycles. The van der Waals surface area contributed by atoms with Gasteiger partial charge in [-0.3, -0.25) is 9.48 Å². The monoisotopic (exact) mass is 404 g/mol. The van der Waals surface area contributed by atoms with Crippen molar-refractivity contribution in [3.05, 3.63) is 88.6 Å². The van der Waals surface area contributed by atoms with Crippen LogP contribution in [0.5, 0.6) is 0 Å². The second-order valence-electron chi connectivity index (χ2n) is 6.89. The van der Waals surface area contributed by atoms with Gasteiger partial charge in [0.25, 0.3) is 5.91 Å². The van der Waals surface area contributed by atoms with Crippen molar-refractivity contribution in [1.29, 1.82) is 0 Å². The summed E-state index contributed by atoms with van der Waals surface area (Å²) in [6, 6.07) is 20.8. The lowest BCUT2D eigenvalue weighted by Gasteiger charge is -2.13.